The monoisotopic (exact) mass is 172 g/mol. The van der Waals surface area contributed by atoms with Crippen molar-refractivity contribution in [3.05, 3.63) is 0 Å². The standard InChI is InChI=1S/C8H16N2O2/c1-6(2)4-3-5-7(10-12)8(9)11/h6,12H,3-5H2,1-2H3,(H2,9,11)/b10-7+. The fourth-order valence-electron chi connectivity index (χ4n) is 0.900. The molecule has 0 spiro atoms. The van der Waals surface area contributed by atoms with E-state index in [-0.39, 0.29) is 5.71 Å². The van der Waals surface area contributed by atoms with Gasteiger partial charge in [0.05, 0.1) is 0 Å². The Morgan fingerprint density at radius 2 is 2.17 bits per heavy atom. The average molecular weight is 172 g/mol. The highest BCUT2D eigenvalue weighted by Gasteiger charge is 2.07. The highest BCUT2D eigenvalue weighted by molar-refractivity contribution is 6.38. The van der Waals surface area contributed by atoms with Gasteiger partial charge >= 0.3 is 0 Å². The van der Waals surface area contributed by atoms with E-state index in [1.54, 1.807) is 0 Å². The van der Waals surface area contributed by atoms with E-state index in [9.17, 15) is 4.79 Å². The van der Waals surface area contributed by atoms with Gasteiger partial charge in [0, 0.05) is 0 Å². The quantitative estimate of drug-likeness (QED) is 0.370. The molecule has 4 nitrogen and oxygen atoms in total. The second kappa shape index (κ2) is 5.57. The fourth-order valence-corrected chi connectivity index (χ4v) is 0.900. The molecule has 0 aliphatic heterocycles. The van der Waals surface area contributed by atoms with Crippen LogP contribution in [0.1, 0.15) is 33.1 Å². The van der Waals surface area contributed by atoms with Gasteiger partial charge < -0.3 is 10.9 Å². The number of nitrogens with two attached hydrogens (primary N) is 1. The van der Waals surface area contributed by atoms with E-state index < -0.39 is 5.91 Å². The Kier molecular flexibility index (Phi) is 5.08. The van der Waals surface area contributed by atoms with Gasteiger partial charge in [0.15, 0.2) is 0 Å². The molecule has 0 aromatic rings. The lowest BCUT2D eigenvalue weighted by Gasteiger charge is -2.03. The van der Waals surface area contributed by atoms with Crippen LogP contribution < -0.4 is 5.73 Å². The van der Waals surface area contributed by atoms with Crippen molar-refractivity contribution in [1.29, 1.82) is 0 Å². The molecule has 0 saturated carbocycles. The molecule has 0 atom stereocenters. The summed E-state index contributed by atoms with van der Waals surface area (Å²) in [5, 5.41) is 11.2. The molecule has 0 unspecified atom stereocenters. The average Bonchev–Trinajstić information content (AvgIpc) is 1.96. The SMILES string of the molecule is CC(C)CCC/C(=N\O)C(N)=O. The van der Waals surface area contributed by atoms with Crippen LogP contribution in [0.25, 0.3) is 0 Å². The van der Waals surface area contributed by atoms with Crippen molar-refractivity contribution in [3.8, 4) is 0 Å². The number of amides is 1. The third-order valence-corrected chi connectivity index (χ3v) is 1.60. The van der Waals surface area contributed by atoms with Crippen molar-refractivity contribution in [2.24, 2.45) is 16.8 Å². The summed E-state index contributed by atoms with van der Waals surface area (Å²) in [5.74, 6) is -0.0425. The summed E-state index contributed by atoms with van der Waals surface area (Å²) in [6.45, 7) is 4.19. The van der Waals surface area contributed by atoms with Gasteiger partial charge in [-0.2, -0.15) is 0 Å². The lowest BCUT2D eigenvalue weighted by Crippen LogP contribution is -2.23. The number of hydrogen-bond acceptors (Lipinski definition) is 3. The molecule has 0 radical (unpaired) electrons. The fraction of sp³-hybridized carbons (Fsp3) is 0.750. The summed E-state index contributed by atoms with van der Waals surface area (Å²) in [5.41, 5.74) is 5.00. The molecule has 0 aromatic carbocycles. The molecule has 0 aliphatic rings. The first-order valence-electron chi connectivity index (χ1n) is 4.08. The zero-order chi connectivity index (χ0) is 9.56. The lowest BCUT2D eigenvalue weighted by molar-refractivity contribution is -0.112. The van der Waals surface area contributed by atoms with Crippen LogP contribution >= 0.6 is 0 Å². The third kappa shape index (κ3) is 4.71. The van der Waals surface area contributed by atoms with Crippen LogP contribution in [0.15, 0.2) is 5.16 Å². The van der Waals surface area contributed by atoms with E-state index in [4.69, 9.17) is 10.9 Å². The zero-order valence-corrected chi connectivity index (χ0v) is 7.58. The Labute approximate surface area is 72.4 Å². The maximum absolute atomic E-state index is 10.5. The molecule has 0 rings (SSSR count). The molecule has 0 saturated heterocycles. The number of nitrogens with zero attached hydrogens (tertiary/aromatic N) is 1. The Hall–Kier alpha value is -1.06. The predicted molar refractivity (Wildman–Crippen MR) is 47.1 cm³/mol. The molecule has 0 heterocycles. The smallest absolute Gasteiger partial charge is 0.266 e. The molecule has 3 N–H and O–H groups in total. The first kappa shape index (κ1) is 10.9. The van der Waals surface area contributed by atoms with Crippen molar-refractivity contribution >= 4 is 11.6 Å². The van der Waals surface area contributed by atoms with Gasteiger partial charge in [-0.3, -0.25) is 4.79 Å². The molecule has 1 amide bonds. The van der Waals surface area contributed by atoms with E-state index in [1.807, 2.05) is 0 Å². The van der Waals surface area contributed by atoms with Crippen LogP contribution in [0.2, 0.25) is 0 Å². The molecule has 4 heteroatoms. The van der Waals surface area contributed by atoms with Crippen molar-refractivity contribution in [2.75, 3.05) is 0 Å². The van der Waals surface area contributed by atoms with Crippen LogP contribution in [0.4, 0.5) is 0 Å². The Bertz CT molecular complexity index is 176. The van der Waals surface area contributed by atoms with E-state index in [0.29, 0.717) is 12.3 Å². The van der Waals surface area contributed by atoms with Crippen LogP contribution in [-0.2, 0) is 4.79 Å². The first-order chi connectivity index (χ1) is 5.57. The summed E-state index contributed by atoms with van der Waals surface area (Å²) in [7, 11) is 0. The number of rotatable bonds is 5. The van der Waals surface area contributed by atoms with E-state index in [2.05, 4.69) is 19.0 Å². The number of primary amides is 1. The van der Waals surface area contributed by atoms with Crippen molar-refractivity contribution in [1.82, 2.24) is 0 Å². The maximum Gasteiger partial charge on any atom is 0.266 e. The summed E-state index contributed by atoms with van der Waals surface area (Å²) < 4.78 is 0. The maximum atomic E-state index is 10.5. The number of oxime groups is 1. The minimum Gasteiger partial charge on any atom is -0.410 e. The molecule has 70 valence electrons. The Balaban J connectivity index is 3.68. The van der Waals surface area contributed by atoms with Crippen molar-refractivity contribution < 1.29 is 10.0 Å². The van der Waals surface area contributed by atoms with Gasteiger partial charge in [0.1, 0.15) is 5.71 Å². The molecule has 0 aromatic heterocycles. The second-order valence-corrected chi connectivity index (χ2v) is 3.20. The highest BCUT2D eigenvalue weighted by Crippen LogP contribution is 2.06. The number of carbonyl (C=O) groups is 1. The molecular weight excluding hydrogens is 156 g/mol. The Morgan fingerprint density at radius 3 is 2.50 bits per heavy atom. The van der Waals surface area contributed by atoms with Crippen LogP contribution in [0.5, 0.6) is 0 Å². The van der Waals surface area contributed by atoms with E-state index >= 15 is 0 Å². The zero-order valence-electron chi connectivity index (χ0n) is 7.58. The van der Waals surface area contributed by atoms with Gasteiger partial charge in [0.25, 0.3) is 5.91 Å². The van der Waals surface area contributed by atoms with Gasteiger partial charge in [0.2, 0.25) is 0 Å². The Morgan fingerprint density at radius 1 is 1.58 bits per heavy atom. The largest absolute Gasteiger partial charge is 0.410 e. The summed E-state index contributed by atoms with van der Waals surface area (Å²) >= 11 is 0. The molecule has 0 aliphatic carbocycles. The lowest BCUT2D eigenvalue weighted by atomic mass is 10.0. The van der Waals surface area contributed by atoms with Crippen molar-refractivity contribution in [2.45, 2.75) is 33.1 Å². The predicted octanol–water partition coefficient (Wildman–Crippen LogP) is 1.13. The normalized spacial score (nSPS) is 12.1. The summed E-state index contributed by atoms with van der Waals surface area (Å²) in [6, 6.07) is 0. The minimum absolute atomic E-state index is 0.0654. The van der Waals surface area contributed by atoms with Gasteiger partial charge in [-0.25, -0.2) is 0 Å². The third-order valence-electron chi connectivity index (χ3n) is 1.60. The van der Waals surface area contributed by atoms with Crippen LogP contribution in [-0.4, -0.2) is 16.8 Å². The van der Waals surface area contributed by atoms with Crippen LogP contribution in [0, 0.1) is 5.92 Å². The second-order valence-electron chi connectivity index (χ2n) is 3.20. The van der Waals surface area contributed by atoms with E-state index in [1.165, 1.54) is 0 Å². The number of hydrogen-bond donors (Lipinski definition) is 2. The van der Waals surface area contributed by atoms with Crippen LogP contribution in [0.3, 0.4) is 0 Å². The molecular formula is C8H16N2O2. The van der Waals surface area contributed by atoms with E-state index in [0.717, 1.165) is 12.8 Å². The topological polar surface area (TPSA) is 75.7 Å². The van der Waals surface area contributed by atoms with Gasteiger partial charge in [-0.1, -0.05) is 25.4 Å². The first-order valence-corrected chi connectivity index (χ1v) is 4.08. The molecule has 0 fully saturated rings. The van der Waals surface area contributed by atoms with Crippen molar-refractivity contribution in [3.63, 3.8) is 0 Å². The molecule has 12 heavy (non-hydrogen) atoms. The highest BCUT2D eigenvalue weighted by atomic mass is 16.4. The van der Waals surface area contributed by atoms with Gasteiger partial charge in [-0.05, 0) is 18.8 Å². The molecule has 0 bridgehead atoms. The number of carbonyl (C=O) groups excluding carboxylic acids is 1. The van der Waals surface area contributed by atoms with Gasteiger partial charge in [-0.15, -0.1) is 0 Å². The summed E-state index contributed by atoms with van der Waals surface area (Å²) in [6.07, 6.45) is 2.30. The summed E-state index contributed by atoms with van der Waals surface area (Å²) in [4.78, 5) is 10.5. The minimum atomic E-state index is -0.638.